The third kappa shape index (κ3) is 3.30. The number of benzene rings is 1. The van der Waals surface area contributed by atoms with E-state index in [0.717, 1.165) is 31.1 Å². The van der Waals surface area contributed by atoms with Crippen LogP contribution in [-0.2, 0) is 11.2 Å². The van der Waals surface area contributed by atoms with Crippen molar-refractivity contribution in [2.45, 2.75) is 44.2 Å². The summed E-state index contributed by atoms with van der Waals surface area (Å²) < 4.78 is 5.60. The highest BCUT2D eigenvalue weighted by molar-refractivity contribution is 7.80. The van der Waals surface area contributed by atoms with Gasteiger partial charge in [-0.05, 0) is 55.4 Å². The van der Waals surface area contributed by atoms with Crippen LogP contribution in [-0.4, -0.2) is 24.4 Å². The third-order valence-electron chi connectivity index (χ3n) is 4.19. The topological polar surface area (TPSA) is 33.3 Å². The molecule has 0 aromatic heterocycles. The van der Waals surface area contributed by atoms with Crippen LogP contribution in [0, 0.1) is 0 Å². The Morgan fingerprint density at radius 3 is 3.00 bits per heavy atom. The number of ether oxygens (including phenoxy) is 1. The number of hydrogen-bond donors (Lipinski definition) is 2. The van der Waals surface area contributed by atoms with Crippen molar-refractivity contribution in [3.05, 3.63) is 35.4 Å². The molecule has 0 bridgehead atoms. The van der Waals surface area contributed by atoms with Crippen LogP contribution in [0.1, 0.15) is 42.9 Å². The Morgan fingerprint density at radius 2 is 2.15 bits per heavy atom. The van der Waals surface area contributed by atoms with Crippen LogP contribution < -0.4 is 10.6 Å². The molecule has 0 unspecified atom stereocenters. The Balaban J connectivity index is 1.54. The first-order valence-corrected chi connectivity index (χ1v) is 7.97. The van der Waals surface area contributed by atoms with Crippen molar-refractivity contribution >= 4 is 17.3 Å². The molecule has 1 aromatic carbocycles. The van der Waals surface area contributed by atoms with E-state index >= 15 is 0 Å². The molecule has 0 radical (unpaired) electrons. The zero-order chi connectivity index (χ0) is 13.8. The van der Waals surface area contributed by atoms with Crippen molar-refractivity contribution in [3.8, 4) is 0 Å². The quantitative estimate of drug-likeness (QED) is 0.839. The molecule has 3 nitrogen and oxygen atoms in total. The number of thiocarbonyl (C=S) groups is 1. The number of hydrogen-bond acceptors (Lipinski definition) is 2. The molecule has 2 N–H and O–H groups in total. The van der Waals surface area contributed by atoms with Crippen LogP contribution in [0.4, 0.5) is 0 Å². The summed E-state index contributed by atoms with van der Waals surface area (Å²) in [4.78, 5) is 0. The summed E-state index contributed by atoms with van der Waals surface area (Å²) in [5, 5.41) is 7.51. The first-order chi connectivity index (χ1) is 9.83. The van der Waals surface area contributed by atoms with E-state index in [1.165, 1.54) is 30.4 Å². The van der Waals surface area contributed by atoms with E-state index in [2.05, 4.69) is 34.9 Å². The maximum atomic E-state index is 5.60. The van der Waals surface area contributed by atoms with Crippen molar-refractivity contribution in [1.82, 2.24) is 10.6 Å². The number of fused-ring (bicyclic) bond motifs is 1. The monoisotopic (exact) mass is 290 g/mol. The summed E-state index contributed by atoms with van der Waals surface area (Å²) in [5.74, 6) is 0. The first-order valence-electron chi connectivity index (χ1n) is 7.57. The molecule has 3 rings (SSSR count). The molecule has 0 spiro atoms. The second-order valence-electron chi connectivity index (χ2n) is 5.63. The van der Waals surface area contributed by atoms with Crippen molar-refractivity contribution in [3.63, 3.8) is 0 Å². The van der Waals surface area contributed by atoms with Crippen molar-refractivity contribution in [1.29, 1.82) is 0 Å². The summed E-state index contributed by atoms with van der Waals surface area (Å²) >= 11 is 5.42. The lowest BCUT2D eigenvalue weighted by atomic mass is 9.88. The maximum Gasteiger partial charge on any atom is 0.166 e. The van der Waals surface area contributed by atoms with Gasteiger partial charge in [0.25, 0.3) is 0 Å². The second kappa shape index (κ2) is 6.55. The molecular formula is C16H22N2OS. The molecule has 2 aliphatic rings. The molecular weight excluding hydrogens is 268 g/mol. The van der Waals surface area contributed by atoms with E-state index in [1.54, 1.807) is 0 Å². The van der Waals surface area contributed by atoms with Gasteiger partial charge in [0.1, 0.15) is 0 Å². The van der Waals surface area contributed by atoms with Gasteiger partial charge in [-0.1, -0.05) is 24.3 Å². The minimum absolute atomic E-state index is 0.327. The molecule has 2 atom stereocenters. The van der Waals surface area contributed by atoms with Gasteiger partial charge in [0.2, 0.25) is 0 Å². The van der Waals surface area contributed by atoms with Crippen LogP contribution in [0.15, 0.2) is 24.3 Å². The summed E-state index contributed by atoms with van der Waals surface area (Å²) in [7, 11) is 0. The normalized spacial score (nSPS) is 25.0. The first kappa shape index (κ1) is 13.8. The van der Waals surface area contributed by atoms with Crippen molar-refractivity contribution in [2.75, 3.05) is 13.2 Å². The summed E-state index contributed by atoms with van der Waals surface area (Å²) in [5.41, 5.74) is 2.86. The van der Waals surface area contributed by atoms with Crippen molar-refractivity contribution in [2.24, 2.45) is 0 Å². The molecule has 0 saturated carbocycles. The SMILES string of the molecule is S=C(NC[C@@H]1CCCO1)N[C@H]1CCCc2ccccc21. The molecule has 1 fully saturated rings. The number of rotatable bonds is 3. The van der Waals surface area contributed by atoms with E-state index < -0.39 is 0 Å². The zero-order valence-electron chi connectivity index (χ0n) is 11.7. The summed E-state index contributed by atoms with van der Waals surface area (Å²) in [6.07, 6.45) is 6.20. The predicted molar refractivity (Wildman–Crippen MR) is 84.8 cm³/mol. The molecule has 1 aromatic rings. The molecule has 1 saturated heterocycles. The molecule has 1 heterocycles. The van der Waals surface area contributed by atoms with E-state index in [1.807, 2.05) is 0 Å². The van der Waals surface area contributed by atoms with Gasteiger partial charge in [-0.2, -0.15) is 0 Å². The van der Waals surface area contributed by atoms with Gasteiger partial charge in [-0.25, -0.2) is 0 Å². The van der Waals surface area contributed by atoms with Crippen LogP contribution >= 0.6 is 12.2 Å². The van der Waals surface area contributed by atoms with E-state index in [9.17, 15) is 0 Å². The molecule has 1 aliphatic carbocycles. The fraction of sp³-hybridized carbons (Fsp3) is 0.562. The fourth-order valence-corrected chi connectivity index (χ4v) is 3.35. The van der Waals surface area contributed by atoms with E-state index in [0.29, 0.717) is 12.1 Å². The van der Waals surface area contributed by atoms with Gasteiger partial charge in [-0.15, -0.1) is 0 Å². The fourth-order valence-electron chi connectivity index (χ4n) is 3.13. The minimum Gasteiger partial charge on any atom is -0.376 e. The van der Waals surface area contributed by atoms with E-state index in [-0.39, 0.29) is 0 Å². The van der Waals surface area contributed by atoms with Gasteiger partial charge in [-0.3, -0.25) is 0 Å². The highest BCUT2D eigenvalue weighted by Gasteiger charge is 2.21. The van der Waals surface area contributed by atoms with Crippen LogP contribution in [0.5, 0.6) is 0 Å². The van der Waals surface area contributed by atoms with Gasteiger partial charge in [0.05, 0.1) is 12.1 Å². The maximum absolute atomic E-state index is 5.60. The highest BCUT2D eigenvalue weighted by atomic mass is 32.1. The molecule has 1 aliphatic heterocycles. The Bertz CT molecular complexity index is 471. The predicted octanol–water partition coefficient (Wildman–Crippen LogP) is 2.71. The average Bonchev–Trinajstić information content (AvgIpc) is 2.99. The van der Waals surface area contributed by atoms with E-state index in [4.69, 9.17) is 17.0 Å². The minimum atomic E-state index is 0.327. The Hall–Kier alpha value is -1.13. The van der Waals surface area contributed by atoms with Gasteiger partial charge in [0, 0.05) is 13.2 Å². The Kier molecular flexibility index (Phi) is 4.53. The average molecular weight is 290 g/mol. The van der Waals surface area contributed by atoms with Crippen molar-refractivity contribution < 1.29 is 4.74 Å². The molecule has 20 heavy (non-hydrogen) atoms. The Labute approximate surface area is 126 Å². The van der Waals surface area contributed by atoms with Gasteiger partial charge >= 0.3 is 0 Å². The van der Waals surface area contributed by atoms with Crippen LogP contribution in [0.25, 0.3) is 0 Å². The smallest absolute Gasteiger partial charge is 0.166 e. The molecule has 108 valence electrons. The van der Waals surface area contributed by atoms with Crippen LogP contribution in [0.3, 0.4) is 0 Å². The third-order valence-corrected chi connectivity index (χ3v) is 4.45. The second-order valence-corrected chi connectivity index (χ2v) is 6.04. The highest BCUT2D eigenvalue weighted by Crippen LogP contribution is 2.29. The molecule has 4 heteroatoms. The largest absolute Gasteiger partial charge is 0.376 e. The number of nitrogens with one attached hydrogen (secondary N) is 2. The standard InChI is InChI=1S/C16H22N2OS/c20-16(17-11-13-7-4-10-19-13)18-15-9-3-6-12-5-1-2-8-14(12)15/h1-2,5,8,13,15H,3-4,6-7,9-11H2,(H2,17,18,20)/t13-,15-/m0/s1. The lowest BCUT2D eigenvalue weighted by Crippen LogP contribution is -2.41. The van der Waals surface area contributed by atoms with Crippen LogP contribution in [0.2, 0.25) is 0 Å². The number of aryl methyl sites for hydroxylation is 1. The summed E-state index contributed by atoms with van der Waals surface area (Å²) in [6, 6.07) is 9.03. The molecule has 0 amide bonds. The summed E-state index contributed by atoms with van der Waals surface area (Å²) in [6.45, 7) is 1.71. The zero-order valence-corrected chi connectivity index (χ0v) is 12.5. The lowest BCUT2D eigenvalue weighted by molar-refractivity contribution is 0.114. The Morgan fingerprint density at radius 1 is 1.25 bits per heavy atom. The lowest BCUT2D eigenvalue weighted by Gasteiger charge is -2.27. The van der Waals surface area contributed by atoms with Gasteiger partial charge in [0.15, 0.2) is 5.11 Å². The van der Waals surface area contributed by atoms with Gasteiger partial charge < -0.3 is 15.4 Å².